The highest BCUT2D eigenvalue weighted by Gasteiger charge is 2.15. The Morgan fingerprint density at radius 3 is 2.78 bits per heavy atom. The first kappa shape index (κ1) is 13.2. The van der Waals surface area contributed by atoms with Gasteiger partial charge >= 0.3 is 0 Å². The summed E-state index contributed by atoms with van der Waals surface area (Å²) in [5.41, 5.74) is 1.09. The topological polar surface area (TPSA) is 33.2 Å². The first-order valence-electron chi connectivity index (χ1n) is 5.49. The van der Waals surface area contributed by atoms with Gasteiger partial charge in [-0.05, 0) is 18.6 Å². The highest BCUT2D eigenvalue weighted by molar-refractivity contribution is 9.10. The number of carbonyl (C=O) groups excluding carboxylic acids is 1. The summed E-state index contributed by atoms with van der Waals surface area (Å²) in [7, 11) is 1.80. The van der Waals surface area contributed by atoms with Crippen molar-refractivity contribution in [1.29, 1.82) is 0 Å². The van der Waals surface area contributed by atoms with E-state index >= 15 is 0 Å². The number of rotatable bonds is 3. The predicted molar refractivity (Wildman–Crippen MR) is 76.8 cm³/mol. The Morgan fingerprint density at radius 2 is 2.17 bits per heavy atom. The average Bonchev–Trinajstić information content (AvgIpc) is 2.78. The number of halogens is 1. The molecule has 1 heterocycles. The quantitative estimate of drug-likeness (QED) is 0.865. The molecule has 0 saturated heterocycles. The van der Waals surface area contributed by atoms with E-state index in [1.54, 1.807) is 18.1 Å². The molecule has 2 aromatic rings. The van der Waals surface area contributed by atoms with Gasteiger partial charge in [0.25, 0.3) is 5.91 Å². The van der Waals surface area contributed by atoms with Crippen LogP contribution in [0.4, 0.5) is 0 Å². The third-order valence-corrected chi connectivity index (χ3v) is 4.22. The second kappa shape index (κ2) is 5.63. The van der Waals surface area contributed by atoms with E-state index in [0.717, 1.165) is 15.0 Å². The minimum absolute atomic E-state index is 0.0105. The van der Waals surface area contributed by atoms with Gasteiger partial charge in [0.05, 0.1) is 11.2 Å². The largest absolute Gasteiger partial charge is 0.337 e. The number of thiazole rings is 1. The lowest BCUT2D eigenvalue weighted by atomic mass is 10.2. The van der Waals surface area contributed by atoms with Crippen molar-refractivity contribution in [3.8, 4) is 0 Å². The Bertz CT molecular complexity index is 568. The van der Waals surface area contributed by atoms with E-state index in [-0.39, 0.29) is 5.91 Å². The van der Waals surface area contributed by atoms with Crippen molar-refractivity contribution in [3.05, 3.63) is 50.4 Å². The Balaban J connectivity index is 2.11. The van der Waals surface area contributed by atoms with Crippen molar-refractivity contribution < 1.29 is 4.79 Å². The van der Waals surface area contributed by atoms with Gasteiger partial charge in [-0.25, -0.2) is 4.98 Å². The number of aryl methyl sites for hydroxylation is 1. The second-order valence-corrected chi connectivity index (χ2v) is 6.09. The molecule has 1 aromatic heterocycles. The normalized spacial score (nSPS) is 10.4. The van der Waals surface area contributed by atoms with Crippen LogP contribution in [-0.2, 0) is 6.54 Å². The van der Waals surface area contributed by atoms with Gasteiger partial charge in [0, 0.05) is 18.1 Å². The lowest BCUT2D eigenvalue weighted by Gasteiger charge is -2.16. The predicted octanol–water partition coefficient (Wildman–Crippen LogP) is 3.49. The molecule has 0 aliphatic rings. The molecule has 0 aliphatic carbocycles. The third kappa shape index (κ3) is 2.97. The maximum Gasteiger partial charge on any atom is 0.265 e. The fourth-order valence-electron chi connectivity index (χ4n) is 1.60. The maximum absolute atomic E-state index is 12.2. The van der Waals surface area contributed by atoms with Crippen molar-refractivity contribution in [3.63, 3.8) is 0 Å². The van der Waals surface area contributed by atoms with Crippen LogP contribution in [0, 0.1) is 6.92 Å². The van der Waals surface area contributed by atoms with Crippen molar-refractivity contribution in [1.82, 2.24) is 9.88 Å². The fraction of sp³-hybridized carbons (Fsp3) is 0.231. The van der Waals surface area contributed by atoms with Crippen LogP contribution in [0.1, 0.15) is 20.2 Å². The van der Waals surface area contributed by atoms with Crippen LogP contribution in [-0.4, -0.2) is 22.8 Å². The van der Waals surface area contributed by atoms with Crippen LogP contribution in [0.15, 0.2) is 34.9 Å². The number of amides is 1. The summed E-state index contributed by atoms with van der Waals surface area (Å²) in [5, 5.41) is 0.910. The molecule has 3 nitrogen and oxygen atoms in total. The standard InChI is InChI=1S/C13H13BrN2OS/c1-9-15-7-12(18-9)13(17)16(2)8-10-5-3-4-6-11(10)14/h3-7H,8H2,1-2H3. The van der Waals surface area contributed by atoms with Gasteiger partial charge in [-0.1, -0.05) is 34.1 Å². The molecular formula is C13H13BrN2OS. The number of aromatic nitrogens is 1. The minimum atomic E-state index is 0.0105. The van der Waals surface area contributed by atoms with Crippen molar-refractivity contribution >= 4 is 33.2 Å². The van der Waals surface area contributed by atoms with Gasteiger partial charge in [-0.3, -0.25) is 4.79 Å². The van der Waals surface area contributed by atoms with Crippen LogP contribution in [0.25, 0.3) is 0 Å². The first-order valence-corrected chi connectivity index (χ1v) is 7.10. The highest BCUT2D eigenvalue weighted by atomic mass is 79.9. The average molecular weight is 325 g/mol. The van der Waals surface area contributed by atoms with E-state index in [0.29, 0.717) is 11.4 Å². The Morgan fingerprint density at radius 1 is 1.44 bits per heavy atom. The summed E-state index contributed by atoms with van der Waals surface area (Å²) in [4.78, 5) is 18.6. The minimum Gasteiger partial charge on any atom is -0.337 e. The molecule has 0 unspecified atom stereocenters. The molecule has 1 aromatic carbocycles. The molecule has 94 valence electrons. The van der Waals surface area contributed by atoms with Crippen LogP contribution in [0.5, 0.6) is 0 Å². The van der Waals surface area contributed by atoms with Crippen LogP contribution in [0.2, 0.25) is 0 Å². The summed E-state index contributed by atoms with van der Waals surface area (Å²) in [6.45, 7) is 2.48. The van der Waals surface area contributed by atoms with E-state index < -0.39 is 0 Å². The zero-order valence-corrected chi connectivity index (χ0v) is 12.6. The molecule has 0 atom stereocenters. The van der Waals surface area contributed by atoms with Gasteiger partial charge in [-0.2, -0.15) is 0 Å². The zero-order valence-electron chi connectivity index (χ0n) is 10.2. The van der Waals surface area contributed by atoms with Crippen LogP contribution >= 0.6 is 27.3 Å². The molecule has 1 amide bonds. The molecule has 0 spiro atoms. The summed E-state index contributed by atoms with van der Waals surface area (Å²) in [5.74, 6) is 0.0105. The highest BCUT2D eigenvalue weighted by Crippen LogP contribution is 2.19. The molecule has 0 N–H and O–H groups in total. The Hall–Kier alpha value is -1.20. The van der Waals surface area contributed by atoms with Gasteiger partial charge in [0.2, 0.25) is 0 Å². The van der Waals surface area contributed by atoms with Gasteiger partial charge in [0.1, 0.15) is 4.88 Å². The molecule has 0 saturated carbocycles. The number of hydrogen-bond acceptors (Lipinski definition) is 3. The molecule has 18 heavy (non-hydrogen) atoms. The summed E-state index contributed by atoms with van der Waals surface area (Å²) in [6.07, 6.45) is 1.64. The van der Waals surface area contributed by atoms with Crippen molar-refractivity contribution in [2.45, 2.75) is 13.5 Å². The molecule has 2 rings (SSSR count). The van der Waals surface area contributed by atoms with E-state index in [9.17, 15) is 4.79 Å². The smallest absolute Gasteiger partial charge is 0.265 e. The number of nitrogens with zero attached hydrogens (tertiary/aromatic N) is 2. The van der Waals surface area contributed by atoms with E-state index in [1.165, 1.54) is 11.3 Å². The molecule has 5 heteroatoms. The number of benzene rings is 1. The van der Waals surface area contributed by atoms with Gasteiger partial charge in [0.15, 0.2) is 0 Å². The Labute approximate surface area is 119 Å². The molecule has 0 aliphatic heterocycles. The number of carbonyl (C=O) groups is 1. The molecule has 0 bridgehead atoms. The zero-order chi connectivity index (χ0) is 13.1. The SMILES string of the molecule is Cc1ncc(C(=O)N(C)Cc2ccccc2Br)s1. The molecule has 0 radical (unpaired) electrons. The fourth-order valence-corrected chi connectivity index (χ4v) is 2.78. The van der Waals surface area contributed by atoms with Crippen LogP contribution < -0.4 is 0 Å². The summed E-state index contributed by atoms with van der Waals surface area (Å²) < 4.78 is 1.02. The van der Waals surface area contributed by atoms with E-state index in [1.807, 2.05) is 31.2 Å². The maximum atomic E-state index is 12.2. The van der Waals surface area contributed by atoms with Gasteiger partial charge in [-0.15, -0.1) is 11.3 Å². The first-order chi connectivity index (χ1) is 8.58. The monoisotopic (exact) mass is 324 g/mol. The van der Waals surface area contributed by atoms with Crippen molar-refractivity contribution in [2.24, 2.45) is 0 Å². The summed E-state index contributed by atoms with van der Waals surface area (Å²) >= 11 is 4.91. The van der Waals surface area contributed by atoms with E-state index in [4.69, 9.17) is 0 Å². The third-order valence-electron chi connectivity index (χ3n) is 2.54. The Kier molecular flexibility index (Phi) is 4.14. The summed E-state index contributed by atoms with van der Waals surface area (Å²) in [6, 6.07) is 7.91. The van der Waals surface area contributed by atoms with Crippen LogP contribution in [0.3, 0.4) is 0 Å². The second-order valence-electron chi connectivity index (χ2n) is 4.00. The molecule has 0 fully saturated rings. The van der Waals surface area contributed by atoms with Crippen molar-refractivity contribution in [2.75, 3.05) is 7.05 Å². The van der Waals surface area contributed by atoms with Gasteiger partial charge < -0.3 is 4.90 Å². The lowest BCUT2D eigenvalue weighted by molar-refractivity contribution is 0.0789. The number of hydrogen-bond donors (Lipinski definition) is 0. The van der Waals surface area contributed by atoms with E-state index in [2.05, 4.69) is 20.9 Å². The molecular weight excluding hydrogens is 312 g/mol. The lowest BCUT2D eigenvalue weighted by Crippen LogP contribution is -2.25.